The summed E-state index contributed by atoms with van der Waals surface area (Å²) in [5, 5.41) is 6.88. The number of nitrogens with zero attached hydrogens (tertiary/aromatic N) is 1. The normalized spacial score (nSPS) is 24.0. The first-order valence-electron chi connectivity index (χ1n) is 8.90. The Kier molecular flexibility index (Phi) is 4.07. The van der Waals surface area contributed by atoms with Crippen molar-refractivity contribution in [3.8, 4) is 0 Å². The highest BCUT2D eigenvalue weighted by molar-refractivity contribution is 6.01. The van der Waals surface area contributed by atoms with E-state index in [-0.39, 0.29) is 11.8 Å². The highest BCUT2D eigenvalue weighted by Gasteiger charge is 2.35. The zero-order valence-corrected chi connectivity index (χ0v) is 14.4. The number of rotatable bonds is 5. The first kappa shape index (κ1) is 15.9. The second-order valence-corrected chi connectivity index (χ2v) is 7.21. The van der Waals surface area contributed by atoms with Crippen LogP contribution >= 0.6 is 0 Å². The van der Waals surface area contributed by atoms with Crippen LogP contribution in [0, 0.1) is 17.8 Å². The Morgan fingerprint density at radius 2 is 2.08 bits per heavy atom. The highest BCUT2D eigenvalue weighted by atomic mass is 16.2. The smallest absolute Gasteiger partial charge is 0.239 e. The zero-order chi connectivity index (χ0) is 17.4. The third-order valence-corrected chi connectivity index (χ3v) is 5.42. The summed E-state index contributed by atoms with van der Waals surface area (Å²) in [6.07, 6.45) is 8.99. The number of benzene rings is 1. The molecule has 0 spiro atoms. The van der Waals surface area contributed by atoms with Crippen LogP contribution in [0.25, 0.3) is 10.9 Å². The van der Waals surface area contributed by atoms with Crippen LogP contribution in [0.15, 0.2) is 42.6 Å². The van der Waals surface area contributed by atoms with Crippen LogP contribution in [-0.4, -0.2) is 22.9 Å². The Labute approximate surface area is 147 Å². The van der Waals surface area contributed by atoms with Crippen molar-refractivity contribution in [2.45, 2.75) is 26.3 Å². The van der Waals surface area contributed by atoms with E-state index in [4.69, 9.17) is 0 Å². The summed E-state index contributed by atoms with van der Waals surface area (Å²) < 4.78 is 1.93. The molecule has 2 aliphatic carbocycles. The molecule has 0 saturated heterocycles. The molecule has 4 rings (SSSR count). The van der Waals surface area contributed by atoms with Crippen molar-refractivity contribution in [2.75, 3.05) is 11.9 Å². The third-order valence-electron chi connectivity index (χ3n) is 5.42. The van der Waals surface area contributed by atoms with Gasteiger partial charge in [0.15, 0.2) is 0 Å². The van der Waals surface area contributed by atoms with E-state index in [1.165, 1.54) is 19.8 Å². The Bertz CT molecular complexity index is 852. The van der Waals surface area contributed by atoms with Crippen molar-refractivity contribution < 1.29 is 9.59 Å². The molecule has 2 amide bonds. The zero-order valence-electron chi connectivity index (χ0n) is 14.4. The predicted octanol–water partition coefficient (Wildman–Crippen LogP) is 2.93. The molecule has 2 bridgehead atoms. The fourth-order valence-corrected chi connectivity index (χ4v) is 4.24. The average Bonchev–Trinajstić information content (AvgIpc) is 3.29. The van der Waals surface area contributed by atoms with Crippen molar-refractivity contribution in [3.63, 3.8) is 0 Å². The molecule has 5 nitrogen and oxygen atoms in total. The molecule has 0 radical (unpaired) electrons. The van der Waals surface area contributed by atoms with E-state index in [0.717, 1.165) is 29.1 Å². The second kappa shape index (κ2) is 6.39. The molecule has 1 aromatic carbocycles. The molecular weight excluding hydrogens is 314 g/mol. The maximum atomic E-state index is 12.4. The van der Waals surface area contributed by atoms with Gasteiger partial charge in [0, 0.05) is 25.1 Å². The number of amides is 2. The van der Waals surface area contributed by atoms with Gasteiger partial charge in [0.2, 0.25) is 11.8 Å². The number of allylic oxidation sites excluding steroid dienone is 2. The number of nitrogens with one attached hydrogen (secondary N) is 2. The molecule has 25 heavy (non-hydrogen) atoms. The van der Waals surface area contributed by atoms with Gasteiger partial charge in [0.1, 0.15) is 6.54 Å². The molecule has 1 aromatic heterocycles. The van der Waals surface area contributed by atoms with Gasteiger partial charge in [-0.2, -0.15) is 0 Å². The Morgan fingerprint density at radius 3 is 2.80 bits per heavy atom. The fraction of sp³-hybridized carbons (Fsp3) is 0.400. The molecule has 1 fully saturated rings. The molecule has 5 heteroatoms. The monoisotopic (exact) mass is 337 g/mol. The minimum Gasteiger partial charge on any atom is -0.354 e. The van der Waals surface area contributed by atoms with Crippen molar-refractivity contribution in [2.24, 2.45) is 17.8 Å². The lowest BCUT2D eigenvalue weighted by atomic mass is 9.94. The van der Waals surface area contributed by atoms with Crippen LogP contribution in [0.1, 0.15) is 19.8 Å². The fourth-order valence-electron chi connectivity index (χ4n) is 4.24. The Hall–Kier alpha value is -2.56. The molecule has 2 aliphatic rings. The molecule has 1 heterocycles. The van der Waals surface area contributed by atoms with Crippen molar-refractivity contribution in [1.82, 2.24) is 9.88 Å². The number of hydrogen-bond acceptors (Lipinski definition) is 2. The van der Waals surface area contributed by atoms with Crippen LogP contribution in [-0.2, 0) is 16.1 Å². The maximum Gasteiger partial charge on any atom is 0.239 e. The molecule has 0 aliphatic heterocycles. The molecule has 2 N–H and O–H groups in total. The first-order valence-corrected chi connectivity index (χ1v) is 8.90. The van der Waals surface area contributed by atoms with E-state index in [1.54, 1.807) is 0 Å². The van der Waals surface area contributed by atoms with E-state index in [1.807, 2.05) is 35.0 Å². The van der Waals surface area contributed by atoms with Gasteiger partial charge in [-0.25, -0.2) is 0 Å². The minimum atomic E-state index is -0.0992. The number of fused-ring (bicyclic) bond motifs is 3. The summed E-state index contributed by atoms with van der Waals surface area (Å²) in [6.45, 7) is 2.55. The molecule has 2 aromatic rings. The van der Waals surface area contributed by atoms with E-state index in [9.17, 15) is 9.59 Å². The number of carbonyl (C=O) groups is 2. The molecule has 0 unspecified atom stereocenters. The summed E-state index contributed by atoms with van der Waals surface area (Å²) in [6, 6.07) is 7.67. The van der Waals surface area contributed by atoms with Gasteiger partial charge in [-0.05, 0) is 48.8 Å². The number of carbonyl (C=O) groups excluding carboxylic acids is 2. The van der Waals surface area contributed by atoms with Crippen LogP contribution in [0.2, 0.25) is 0 Å². The van der Waals surface area contributed by atoms with E-state index >= 15 is 0 Å². The van der Waals surface area contributed by atoms with Gasteiger partial charge in [-0.1, -0.05) is 18.2 Å². The number of anilines is 1. The van der Waals surface area contributed by atoms with Gasteiger partial charge in [0.25, 0.3) is 0 Å². The molecule has 1 saturated carbocycles. The number of hydrogen-bond donors (Lipinski definition) is 2. The van der Waals surface area contributed by atoms with Gasteiger partial charge in [-0.15, -0.1) is 0 Å². The average molecular weight is 337 g/mol. The van der Waals surface area contributed by atoms with Crippen molar-refractivity contribution in [1.29, 1.82) is 0 Å². The quantitative estimate of drug-likeness (QED) is 0.824. The SMILES string of the molecule is CC(=O)Nc1cccc2c1ccn2CC(=O)NC[C@@H]1C[C@H]2C=C[C@H]1C2. The largest absolute Gasteiger partial charge is 0.354 e. The number of aromatic nitrogens is 1. The molecule has 130 valence electrons. The van der Waals surface area contributed by atoms with Gasteiger partial charge < -0.3 is 15.2 Å². The van der Waals surface area contributed by atoms with Crippen LogP contribution < -0.4 is 10.6 Å². The highest BCUT2D eigenvalue weighted by Crippen LogP contribution is 2.42. The standard InChI is InChI=1S/C20H23N3O2/c1-13(24)22-18-3-2-4-19-17(18)7-8-23(19)12-20(25)21-11-16-10-14-5-6-15(16)9-14/h2-8,14-16H,9-12H2,1H3,(H,21,25)(H,22,24)/t14-,15-,16-/m0/s1. The maximum absolute atomic E-state index is 12.4. The van der Waals surface area contributed by atoms with Gasteiger partial charge in [0.05, 0.1) is 11.2 Å². The minimum absolute atomic E-state index is 0.0363. The second-order valence-electron chi connectivity index (χ2n) is 7.21. The molecule has 3 atom stereocenters. The lowest BCUT2D eigenvalue weighted by Gasteiger charge is -2.18. The van der Waals surface area contributed by atoms with Gasteiger partial charge >= 0.3 is 0 Å². The summed E-state index contributed by atoms with van der Waals surface area (Å²) in [5.41, 5.74) is 1.72. The van der Waals surface area contributed by atoms with Crippen LogP contribution in [0.5, 0.6) is 0 Å². The van der Waals surface area contributed by atoms with Crippen LogP contribution in [0.4, 0.5) is 5.69 Å². The first-order chi connectivity index (χ1) is 12.1. The van der Waals surface area contributed by atoms with Crippen molar-refractivity contribution >= 4 is 28.4 Å². The lowest BCUT2D eigenvalue weighted by molar-refractivity contribution is -0.121. The summed E-state index contributed by atoms with van der Waals surface area (Å²) >= 11 is 0. The molecular formula is C20H23N3O2. The van der Waals surface area contributed by atoms with E-state index in [2.05, 4.69) is 22.8 Å². The van der Waals surface area contributed by atoms with E-state index in [0.29, 0.717) is 18.4 Å². The van der Waals surface area contributed by atoms with Crippen LogP contribution in [0.3, 0.4) is 0 Å². The summed E-state index contributed by atoms with van der Waals surface area (Å²) in [7, 11) is 0. The predicted molar refractivity (Wildman–Crippen MR) is 98.1 cm³/mol. The Balaban J connectivity index is 1.41. The third kappa shape index (κ3) is 3.18. The summed E-state index contributed by atoms with van der Waals surface area (Å²) in [5.74, 6) is 1.91. The summed E-state index contributed by atoms with van der Waals surface area (Å²) in [4.78, 5) is 23.7. The lowest BCUT2D eigenvalue weighted by Crippen LogP contribution is -2.33. The Morgan fingerprint density at radius 1 is 1.20 bits per heavy atom. The topological polar surface area (TPSA) is 63.1 Å². The van der Waals surface area contributed by atoms with E-state index < -0.39 is 0 Å². The van der Waals surface area contributed by atoms with Gasteiger partial charge in [-0.3, -0.25) is 9.59 Å². The van der Waals surface area contributed by atoms with Crippen molar-refractivity contribution in [3.05, 3.63) is 42.6 Å².